The average molecular weight is 243 g/mol. The van der Waals surface area contributed by atoms with E-state index in [1.165, 1.54) is 0 Å². The van der Waals surface area contributed by atoms with Crippen molar-refractivity contribution in [2.24, 2.45) is 5.41 Å². The Morgan fingerprint density at radius 1 is 1.35 bits per heavy atom. The smallest absolute Gasteiger partial charge is 0.0540 e. The summed E-state index contributed by atoms with van der Waals surface area (Å²) in [4.78, 5) is 0. The summed E-state index contributed by atoms with van der Waals surface area (Å²) in [6, 6.07) is 0.533. The Morgan fingerprint density at radius 3 is 2.53 bits per heavy atom. The second-order valence-electron chi connectivity index (χ2n) is 5.71. The van der Waals surface area contributed by atoms with Crippen molar-refractivity contribution in [3.63, 3.8) is 0 Å². The van der Waals surface area contributed by atoms with Crippen LogP contribution in [0.2, 0.25) is 0 Å². The van der Waals surface area contributed by atoms with E-state index < -0.39 is 0 Å². The highest BCUT2D eigenvalue weighted by molar-refractivity contribution is 4.87. The van der Waals surface area contributed by atoms with Crippen LogP contribution in [-0.4, -0.2) is 37.0 Å². The van der Waals surface area contributed by atoms with Crippen LogP contribution in [0.3, 0.4) is 0 Å². The van der Waals surface area contributed by atoms with E-state index in [4.69, 9.17) is 4.74 Å². The molecule has 1 rings (SSSR count). The Bertz CT molecular complexity index is 198. The van der Waals surface area contributed by atoms with Crippen LogP contribution in [0.25, 0.3) is 0 Å². The number of rotatable bonds is 7. The molecule has 17 heavy (non-hydrogen) atoms. The van der Waals surface area contributed by atoms with Crippen LogP contribution in [0.4, 0.5) is 0 Å². The summed E-state index contributed by atoms with van der Waals surface area (Å²) in [5, 5.41) is 13.2. The SMILES string of the molecule is CCOCCC1(CNC(C)C)CCC(O)CC1. The molecule has 1 fully saturated rings. The molecule has 0 bridgehead atoms. The summed E-state index contributed by atoms with van der Waals surface area (Å²) >= 11 is 0. The first-order valence-corrected chi connectivity index (χ1v) is 7.07. The number of ether oxygens (including phenoxy) is 1. The third-order valence-electron chi connectivity index (χ3n) is 3.88. The highest BCUT2D eigenvalue weighted by atomic mass is 16.5. The van der Waals surface area contributed by atoms with Gasteiger partial charge in [0, 0.05) is 25.8 Å². The lowest BCUT2D eigenvalue weighted by atomic mass is 9.71. The van der Waals surface area contributed by atoms with Crippen molar-refractivity contribution in [1.82, 2.24) is 5.32 Å². The van der Waals surface area contributed by atoms with Gasteiger partial charge in [-0.2, -0.15) is 0 Å². The lowest BCUT2D eigenvalue weighted by Crippen LogP contribution is -2.41. The molecule has 0 radical (unpaired) electrons. The zero-order valence-electron chi connectivity index (χ0n) is 11.7. The van der Waals surface area contributed by atoms with Crippen molar-refractivity contribution in [3.05, 3.63) is 0 Å². The summed E-state index contributed by atoms with van der Waals surface area (Å²) < 4.78 is 5.50. The molecule has 0 saturated heterocycles. The fourth-order valence-corrected chi connectivity index (χ4v) is 2.58. The van der Waals surface area contributed by atoms with Crippen LogP contribution in [0, 0.1) is 5.41 Å². The van der Waals surface area contributed by atoms with E-state index in [9.17, 15) is 5.11 Å². The second-order valence-corrected chi connectivity index (χ2v) is 5.71. The van der Waals surface area contributed by atoms with Gasteiger partial charge >= 0.3 is 0 Å². The van der Waals surface area contributed by atoms with Crippen LogP contribution < -0.4 is 5.32 Å². The first kappa shape index (κ1) is 14.9. The fourth-order valence-electron chi connectivity index (χ4n) is 2.58. The molecule has 1 aliphatic rings. The molecular weight excluding hydrogens is 214 g/mol. The normalized spacial score (nSPS) is 29.8. The molecule has 3 heteroatoms. The van der Waals surface area contributed by atoms with Crippen LogP contribution in [-0.2, 0) is 4.74 Å². The summed E-state index contributed by atoms with van der Waals surface area (Å²) in [6.45, 7) is 9.14. The quantitative estimate of drug-likeness (QED) is 0.674. The molecule has 0 spiro atoms. The Morgan fingerprint density at radius 2 is 2.00 bits per heavy atom. The zero-order chi connectivity index (χ0) is 12.7. The van der Waals surface area contributed by atoms with Crippen molar-refractivity contribution >= 4 is 0 Å². The molecule has 2 N–H and O–H groups in total. The van der Waals surface area contributed by atoms with E-state index in [2.05, 4.69) is 19.2 Å². The molecule has 0 aromatic carbocycles. The van der Waals surface area contributed by atoms with Gasteiger partial charge in [-0.1, -0.05) is 13.8 Å². The number of hydrogen-bond donors (Lipinski definition) is 2. The second kappa shape index (κ2) is 7.34. The minimum atomic E-state index is -0.0748. The highest BCUT2D eigenvalue weighted by Gasteiger charge is 2.34. The van der Waals surface area contributed by atoms with Gasteiger partial charge < -0.3 is 15.2 Å². The predicted molar refractivity (Wildman–Crippen MR) is 71.2 cm³/mol. The summed E-state index contributed by atoms with van der Waals surface area (Å²) in [5.41, 5.74) is 0.346. The third kappa shape index (κ3) is 5.36. The topological polar surface area (TPSA) is 41.5 Å². The summed E-state index contributed by atoms with van der Waals surface area (Å²) in [5.74, 6) is 0. The Hall–Kier alpha value is -0.120. The van der Waals surface area contributed by atoms with Gasteiger partial charge in [-0.05, 0) is 44.4 Å². The van der Waals surface area contributed by atoms with Crippen LogP contribution in [0.15, 0.2) is 0 Å². The van der Waals surface area contributed by atoms with E-state index in [0.29, 0.717) is 11.5 Å². The van der Waals surface area contributed by atoms with Crippen LogP contribution in [0.1, 0.15) is 52.9 Å². The molecule has 0 aliphatic heterocycles. The van der Waals surface area contributed by atoms with E-state index >= 15 is 0 Å². The molecule has 1 saturated carbocycles. The lowest BCUT2D eigenvalue weighted by molar-refractivity contribution is 0.0319. The van der Waals surface area contributed by atoms with Crippen molar-refractivity contribution in [1.29, 1.82) is 0 Å². The van der Waals surface area contributed by atoms with E-state index in [1.807, 2.05) is 6.92 Å². The van der Waals surface area contributed by atoms with Gasteiger partial charge in [-0.15, -0.1) is 0 Å². The van der Waals surface area contributed by atoms with Gasteiger partial charge in [0.2, 0.25) is 0 Å². The first-order chi connectivity index (χ1) is 8.08. The zero-order valence-corrected chi connectivity index (χ0v) is 11.7. The van der Waals surface area contributed by atoms with Gasteiger partial charge in [-0.25, -0.2) is 0 Å². The largest absolute Gasteiger partial charge is 0.393 e. The molecule has 1 aliphatic carbocycles. The molecule has 0 atom stereocenters. The number of aliphatic hydroxyl groups is 1. The number of nitrogens with one attached hydrogen (secondary N) is 1. The number of hydrogen-bond acceptors (Lipinski definition) is 3. The van der Waals surface area contributed by atoms with Crippen LogP contribution >= 0.6 is 0 Å². The standard InChI is InChI=1S/C14H29NO2/c1-4-17-10-9-14(11-15-12(2)3)7-5-13(16)6-8-14/h12-13,15-16H,4-11H2,1-3H3. The maximum Gasteiger partial charge on any atom is 0.0540 e. The molecule has 0 amide bonds. The fraction of sp³-hybridized carbons (Fsp3) is 1.00. The molecular formula is C14H29NO2. The van der Waals surface area contributed by atoms with Gasteiger partial charge in [-0.3, -0.25) is 0 Å². The molecule has 0 heterocycles. The van der Waals surface area contributed by atoms with Gasteiger partial charge in [0.25, 0.3) is 0 Å². The van der Waals surface area contributed by atoms with E-state index in [-0.39, 0.29) is 6.10 Å². The number of aliphatic hydroxyl groups excluding tert-OH is 1. The van der Waals surface area contributed by atoms with Gasteiger partial charge in [0.1, 0.15) is 0 Å². The third-order valence-corrected chi connectivity index (χ3v) is 3.88. The van der Waals surface area contributed by atoms with E-state index in [0.717, 1.165) is 51.9 Å². The van der Waals surface area contributed by atoms with Gasteiger partial charge in [0.05, 0.1) is 6.10 Å². The minimum Gasteiger partial charge on any atom is -0.393 e. The predicted octanol–water partition coefficient (Wildman–Crippen LogP) is 2.33. The molecule has 3 nitrogen and oxygen atoms in total. The first-order valence-electron chi connectivity index (χ1n) is 7.07. The van der Waals surface area contributed by atoms with E-state index in [1.54, 1.807) is 0 Å². The van der Waals surface area contributed by atoms with Crippen LogP contribution in [0.5, 0.6) is 0 Å². The Kier molecular flexibility index (Phi) is 6.45. The molecule has 0 aromatic rings. The average Bonchev–Trinajstić information content (AvgIpc) is 2.31. The summed E-state index contributed by atoms with van der Waals surface area (Å²) in [6.07, 6.45) is 5.20. The Labute approximate surface area is 106 Å². The van der Waals surface area contributed by atoms with Gasteiger partial charge in [0.15, 0.2) is 0 Å². The maximum atomic E-state index is 9.64. The van der Waals surface area contributed by atoms with Crippen molar-refractivity contribution in [2.45, 2.75) is 65.0 Å². The summed E-state index contributed by atoms with van der Waals surface area (Å²) in [7, 11) is 0. The molecule has 0 unspecified atom stereocenters. The highest BCUT2D eigenvalue weighted by Crippen LogP contribution is 2.39. The van der Waals surface area contributed by atoms with Crippen molar-refractivity contribution in [3.8, 4) is 0 Å². The molecule has 0 aromatic heterocycles. The Balaban J connectivity index is 2.44. The minimum absolute atomic E-state index is 0.0748. The lowest BCUT2D eigenvalue weighted by Gasteiger charge is -2.40. The molecule has 102 valence electrons. The monoisotopic (exact) mass is 243 g/mol. The maximum absolute atomic E-state index is 9.64. The van der Waals surface area contributed by atoms with Crippen molar-refractivity contribution in [2.75, 3.05) is 19.8 Å². The van der Waals surface area contributed by atoms with Crippen molar-refractivity contribution < 1.29 is 9.84 Å².